The number of amides is 1. The van der Waals surface area contributed by atoms with E-state index in [1.807, 2.05) is 6.08 Å². The normalized spacial score (nSPS) is 29.1. The van der Waals surface area contributed by atoms with E-state index in [-0.39, 0.29) is 18.9 Å². The first kappa shape index (κ1) is 78.2. The standard InChI is InChI=1S/C68H117NO18/c1-3-5-7-9-11-12-13-14-15-16-17-18-19-20-21-22-23-24-25-26-27-28-29-30-31-32-33-34-35-36-37-38-40-42-44-46-56(74)69-51(52(73)45-43-41-39-10-8-6-4-2)50-82-66-62(80)59(77)64(54(48-71)84-66)87-68-63(81)60(78)65(55(49-72)85-68)86-67-61(79)58(76)57(75)53(47-70)83-67/h5,7-8,10-12,14-15,17-18,20-21,43,45,51-55,57-68,70-73,75-81H,3-4,6,9,13,16,19,22-42,44,46-50H2,1-2H3,(H,69,74)/b7-5-,10-8+,12-11-,15-14-,18-17-,21-20-,45-43+. The summed E-state index contributed by atoms with van der Waals surface area (Å²) in [4.78, 5) is 13.3. The summed E-state index contributed by atoms with van der Waals surface area (Å²) in [6.07, 6.45) is 36.5. The van der Waals surface area contributed by atoms with Crippen LogP contribution in [0.4, 0.5) is 0 Å². The lowest BCUT2D eigenvalue weighted by atomic mass is 9.96. The van der Waals surface area contributed by atoms with E-state index in [1.165, 1.54) is 103 Å². The molecule has 19 nitrogen and oxygen atoms in total. The highest BCUT2D eigenvalue weighted by atomic mass is 16.8. The van der Waals surface area contributed by atoms with Gasteiger partial charge in [0, 0.05) is 6.42 Å². The van der Waals surface area contributed by atoms with Crippen molar-refractivity contribution in [2.24, 2.45) is 0 Å². The molecule has 0 aromatic heterocycles. The van der Waals surface area contributed by atoms with Crippen molar-refractivity contribution >= 4 is 5.91 Å². The topological polar surface area (TPSA) is 307 Å². The summed E-state index contributed by atoms with van der Waals surface area (Å²) in [7, 11) is 0. The fourth-order valence-electron chi connectivity index (χ4n) is 10.8. The molecule has 3 aliphatic rings. The lowest BCUT2D eigenvalue weighted by Crippen LogP contribution is -2.66. The monoisotopic (exact) mass is 1240 g/mol. The van der Waals surface area contributed by atoms with Gasteiger partial charge in [-0.15, -0.1) is 0 Å². The second-order valence-electron chi connectivity index (χ2n) is 23.5. The molecule has 17 atom stereocenters. The van der Waals surface area contributed by atoms with Gasteiger partial charge < -0.3 is 89.9 Å². The number of aliphatic hydroxyl groups is 11. The fraction of sp³-hybridized carbons (Fsp3) is 0.779. The molecule has 0 saturated carbocycles. The van der Waals surface area contributed by atoms with Gasteiger partial charge in [-0.3, -0.25) is 4.79 Å². The van der Waals surface area contributed by atoms with Crippen LogP contribution in [-0.4, -0.2) is 193 Å². The maximum Gasteiger partial charge on any atom is 0.220 e. The predicted octanol–water partition coefficient (Wildman–Crippen LogP) is 7.93. The number of unbranched alkanes of at least 4 members (excludes halogenated alkanes) is 21. The SMILES string of the molecule is CC/C=C\C/C=C\C/C=C\C/C=C\C/C=C\CCCCCCCCCCCCCCCCCCCCCC(=O)NC(COC1OC(CO)C(OC2OC(CO)C(OC3OC(CO)C(O)C(O)C3O)C(O)C2O)C(O)C1O)C(O)/C=C/CC/C=C/CCC. The third-order valence-corrected chi connectivity index (χ3v) is 16.2. The zero-order valence-corrected chi connectivity index (χ0v) is 52.7. The second kappa shape index (κ2) is 49.6. The highest BCUT2D eigenvalue weighted by molar-refractivity contribution is 5.76. The van der Waals surface area contributed by atoms with E-state index in [2.05, 4.69) is 92.1 Å². The highest BCUT2D eigenvalue weighted by Gasteiger charge is 2.53. The molecule has 0 radical (unpaired) electrons. The average Bonchev–Trinajstić information content (AvgIpc) is 2.35. The summed E-state index contributed by atoms with van der Waals surface area (Å²) in [5, 5.41) is 120. The molecule has 0 spiro atoms. The third kappa shape index (κ3) is 32.2. The van der Waals surface area contributed by atoms with Gasteiger partial charge >= 0.3 is 0 Å². The Morgan fingerprint density at radius 2 is 0.805 bits per heavy atom. The zero-order valence-electron chi connectivity index (χ0n) is 52.7. The molecule has 17 unspecified atom stereocenters. The van der Waals surface area contributed by atoms with E-state index in [0.717, 1.165) is 70.6 Å². The molecule has 12 N–H and O–H groups in total. The van der Waals surface area contributed by atoms with Crippen LogP contribution in [0, 0.1) is 0 Å². The van der Waals surface area contributed by atoms with Gasteiger partial charge in [-0.2, -0.15) is 0 Å². The van der Waals surface area contributed by atoms with Gasteiger partial charge in [-0.05, 0) is 70.6 Å². The van der Waals surface area contributed by atoms with Crippen LogP contribution in [0.5, 0.6) is 0 Å². The maximum absolute atomic E-state index is 13.3. The zero-order chi connectivity index (χ0) is 63.3. The van der Waals surface area contributed by atoms with Crippen molar-refractivity contribution in [1.82, 2.24) is 5.32 Å². The minimum atomic E-state index is -1.98. The Morgan fingerprint density at radius 3 is 1.28 bits per heavy atom. The van der Waals surface area contributed by atoms with Crippen molar-refractivity contribution in [3.8, 4) is 0 Å². The number of carbonyl (C=O) groups excluding carboxylic acids is 1. The molecule has 1 amide bonds. The first-order chi connectivity index (χ1) is 42.3. The van der Waals surface area contributed by atoms with Crippen LogP contribution in [-0.2, 0) is 33.2 Å². The number of hydrogen-bond acceptors (Lipinski definition) is 18. The van der Waals surface area contributed by atoms with Gasteiger partial charge in [0.05, 0.1) is 38.6 Å². The number of nitrogens with one attached hydrogen (secondary N) is 1. The molecule has 3 saturated heterocycles. The summed E-state index contributed by atoms with van der Waals surface area (Å²) in [6, 6.07) is -0.989. The molecule has 0 aliphatic carbocycles. The molecule has 502 valence electrons. The summed E-state index contributed by atoms with van der Waals surface area (Å²) < 4.78 is 34.1. The van der Waals surface area contributed by atoms with Gasteiger partial charge in [0.25, 0.3) is 0 Å². The molecular formula is C68H117NO18. The van der Waals surface area contributed by atoms with E-state index >= 15 is 0 Å². The average molecular weight is 1240 g/mol. The molecule has 87 heavy (non-hydrogen) atoms. The summed E-state index contributed by atoms with van der Waals surface area (Å²) >= 11 is 0. The third-order valence-electron chi connectivity index (χ3n) is 16.2. The molecule has 3 fully saturated rings. The fourth-order valence-corrected chi connectivity index (χ4v) is 10.8. The van der Waals surface area contributed by atoms with Crippen molar-refractivity contribution in [3.05, 3.63) is 85.1 Å². The molecule has 3 rings (SSSR count). The number of hydrogen-bond donors (Lipinski definition) is 12. The predicted molar refractivity (Wildman–Crippen MR) is 337 cm³/mol. The van der Waals surface area contributed by atoms with Crippen LogP contribution in [0.1, 0.15) is 206 Å². The molecule has 0 aromatic carbocycles. The number of allylic oxidation sites excluding steroid dienone is 13. The largest absolute Gasteiger partial charge is 0.394 e. The van der Waals surface area contributed by atoms with Crippen LogP contribution in [0.25, 0.3) is 0 Å². The number of carbonyl (C=O) groups is 1. The Kier molecular flexibility index (Phi) is 44.6. The number of rotatable bonds is 49. The van der Waals surface area contributed by atoms with Crippen LogP contribution in [0.2, 0.25) is 0 Å². The van der Waals surface area contributed by atoms with Crippen molar-refractivity contribution in [1.29, 1.82) is 0 Å². The maximum atomic E-state index is 13.3. The van der Waals surface area contributed by atoms with E-state index in [1.54, 1.807) is 6.08 Å². The van der Waals surface area contributed by atoms with Crippen LogP contribution in [0.3, 0.4) is 0 Å². The van der Waals surface area contributed by atoms with Gasteiger partial charge in [-0.1, -0.05) is 214 Å². The van der Waals surface area contributed by atoms with Crippen LogP contribution in [0.15, 0.2) is 85.1 Å². The molecule has 0 aromatic rings. The van der Waals surface area contributed by atoms with E-state index in [0.29, 0.717) is 12.8 Å². The van der Waals surface area contributed by atoms with E-state index < -0.39 is 124 Å². The number of ether oxygens (including phenoxy) is 6. The molecule has 3 heterocycles. The van der Waals surface area contributed by atoms with Gasteiger partial charge in [-0.25, -0.2) is 0 Å². The van der Waals surface area contributed by atoms with Gasteiger partial charge in [0.2, 0.25) is 5.91 Å². The molecule has 19 heteroatoms. The van der Waals surface area contributed by atoms with Crippen molar-refractivity contribution in [3.63, 3.8) is 0 Å². The van der Waals surface area contributed by atoms with E-state index in [4.69, 9.17) is 28.4 Å². The van der Waals surface area contributed by atoms with Gasteiger partial charge in [0.15, 0.2) is 18.9 Å². The Bertz CT molecular complexity index is 1910. The Balaban J connectivity index is 1.29. The van der Waals surface area contributed by atoms with Crippen LogP contribution >= 0.6 is 0 Å². The lowest BCUT2D eigenvalue weighted by Gasteiger charge is -2.48. The smallest absolute Gasteiger partial charge is 0.220 e. The minimum absolute atomic E-state index is 0.233. The first-order valence-electron chi connectivity index (χ1n) is 33.3. The highest BCUT2D eigenvalue weighted by Crippen LogP contribution is 2.33. The summed E-state index contributed by atoms with van der Waals surface area (Å²) in [5.41, 5.74) is 0. The Morgan fingerprint density at radius 1 is 0.425 bits per heavy atom. The van der Waals surface area contributed by atoms with E-state index in [9.17, 15) is 61.0 Å². The number of aliphatic hydroxyl groups excluding tert-OH is 11. The summed E-state index contributed by atoms with van der Waals surface area (Å²) in [5.74, 6) is -0.292. The molecule has 0 bridgehead atoms. The second-order valence-corrected chi connectivity index (χ2v) is 23.5. The van der Waals surface area contributed by atoms with Crippen LogP contribution < -0.4 is 5.32 Å². The lowest BCUT2D eigenvalue weighted by molar-refractivity contribution is -0.379. The van der Waals surface area contributed by atoms with Crippen molar-refractivity contribution in [2.75, 3.05) is 26.4 Å². The Labute approximate surface area is 520 Å². The summed E-state index contributed by atoms with van der Waals surface area (Å²) in [6.45, 7) is 1.46. The molecule has 3 aliphatic heterocycles. The minimum Gasteiger partial charge on any atom is -0.394 e. The van der Waals surface area contributed by atoms with Crippen molar-refractivity contribution < 1.29 is 89.4 Å². The quantitative estimate of drug-likeness (QED) is 0.0203. The Hall–Kier alpha value is -3.03. The van der Waals surface area contributed by atoms with Crippen molar-refractivity contribution in [2.45, 2.75) is 311 Å². The molecular weight excluding hydrogens is 1120 g/mol. The van der Waals surface area contributed by atoms with Gasteiger partial charge in [0.1, 0.15) is 73.2 Å². The first-order valence-corrected chi connectivity index (χ1v) is 33.3.